The molecule has 1 heterocycles. The van der Waals surface area contributed by atoms with E-state index in [1.165, 1.54) is 6.07 Å². The largest absolute Gasteiger partial charge is 0.497 e. The van der Waals surface area contributed by atoms with Crippen molar-refractivity contribution in [2.75, 3.05) is 25.5 Å². The number of hydrogen-bond acceptors (Lipinski definition) is 4. The van der Waals surface area contributed by atoms with Crippen LogP contribution in [0.25, 0.3) is 0 Å². The van der Waals surface area contributed by atoms with Crippen LogP contribution in [0.2, 0.25) is 0 Å². The molecule has 0 atom stereocenters. The van der Waals surface area contributed by atoms with E-state index in [2.05, 4.69) is 15.6 Å². The summed E-state index contributed by atoms with van der Waals surface area (Å²) in [5.74, 6) is 1.03. The van der Waals surface area contributed by atoms with Crippen molar-refractivity contribution in [3.8, 4) is 5.75 Å². The molecule has 0 radical (unpaired) electrons. The van der Waals surface area contributed by atoms with Gasteiger partial charge in [0, 0.05) is 24.8 Å². The van der Waals surface area contributed by atoms with Crippen LogP contribution in [0.1, 0.15) is 21.5 Å². The van der Waals surface area contributed by atoms with E-state index in [4.69, 9.17) is 4.74 Å². The molecule has 2 aromatic carbocycles. The average molecular weight is 393 g/mol. The minimum absolute atomic E-state index is 0.155. The summed E-state index contributed by atoms with van der Waals surface area (Å²) in [6, 6.07) is 17.8. The first kappa shape index (κ1) is 20.3. The van der Waals surface area contributed by atoms with E-state index in [1.807, 2.05) is 30.3 Å². The first-order chi connectivity index (χ1) is 14.2. The number of methoxy groups -OCH3 is 1. The van der Waals surface area contributed by atoms with Crippen LogP contribution in [-0.4, -0.2) is 31.1 Å². The highest BCUT2D eigenvalue weighted by Crippen LogP contribution is 2.12. The highest BCUT2D eigenvalue weighted by molar-refractivity contribution is 5.94. The maximum atomic E-state index is 13.7. The van der Waals surface area contributed by atoms with Crippen LogP contribution in [0.5, 0.6) is 5.75 Å². The Morgan fingerprint density at radius 2 is 1.83 bits per heavy atom. The number of pyridine rings is 1. The van der Waals surface area contributed by atoms with Crippen LogP contribution in [0.4, 0.5) is 10.2 Å². The predicted molar refractivity (Wildman–Crippen MR) is 112 cm³/mol. The van der Waals surface area contributed by atoms with Gasteiger partial charge in [-0.3, -0.25) is 4.79 Å². The van der Waals surface area contributed by atoms with Crippen molar-refractivity contribution in [3.63, 3.8) is 0 Å². The summed E-state index contributed by atoms with van der Waals surface area (Å²) in [4.78, 5) is 16.6. The summed E-state index contributed by atoms with van der Waals surface area (Å²) in [6.45, 7) is 1.06. The fourth-order valence-electron chi connectivity index (χ4n) is 2.91. The number of anilines is 1. The summed E-state index contributed by atoms with van der Waals surface area (Å²) in [5.41, 5.74) is 2.30. The van der Waals surface area contributed by atoms with Crippen molar-refractivity contribution in [2.45, 2.75) is 12.8 Å². The molecular formula is C23H24FN3O2. The normalized spacial score (nSPS) is 10.4. The highest BCUT2D eigenvalue weighted by atomic mass is 19.1. The van der Waals surface area contributed by atoms with Crippen LogP contribution in [0.3, 0.4) is 0 Å². The Morgan fingerprint density at radius 3 is 2.59 bits per heavy atom. The van der Waals surface area contributed by atoms with E-state index in [0.717, 1.165) is 17.7 Å². The van der Waals surface area contributed by atoms with Gasteiger partial charge in [-0.15, -0.1) is 0 Å². The summed E-state index contributed by atoms with van der Waals surface area (Å²) in [7, 11) is 1.63. The first-order valence-corrected chi connectivity index (χ1v) is 9.50. The molecule has 1 aromatic heterocycles. The standard InChI is InChI=1S/C23H24FN3O2/c1-29-20-8-6-17(7-9-20)10-13-27-23(28)19-12-15-26-22(16-19)25-14-11-18-4-2-3-5-21(18)24/h2-9,12,15-16H,10-11,13-14H2,1H3,(H,25,26)(H,27,28). The lowest BCUT2D eigenvalue weighted by Crippen LogP contribution is -2.25. The van der Waals surface area contributed by atoms with E-state index in [0.29, 0.717) is 36.5 Å². The molecule has 0 aliphatic carbocycles. The summed E-state index contributed by atoms with van der Waals surface area (Å²) >= 11 is 0. The predicted octanol–water partition coefficient (Wildman–Crippen LogP) is 3.86. The maximum Gasteiger partial charge on any atom is 0.251 e. The summed E-state index contributed by atoms with van der Waals surface area (Å²) in [5, 5.41) is 6.06. The van der Waals surface area contributed by atoms with Crippen LogP contribution >= 0.6 is 0 Å². The van der Waals surface area contributed by atoms with Gasteiger partial charge in [0.2, 0.25) is 0 Å². The molecule has 3 rings (SSSR count). The van der Waals surface area contributed by atoms with Gasteiger partial charge in [-0.25, -0.2) is 9.37 Å². The molecule has 1 amide bonds. The molecule has 0 spiro atoms. The number of carbonyl (C=O) groups excluding carboxylic acids is 1. The fourth-order valence-corrected chi connectivity index (χ4v) is 2.91. The number of halogens is 1. The molecule has 0 aliphatic heterocycles. The van der Waals surface area contributed by atoms with E-state index < -0.39 is 0 Å². The van der Waals surface area contributed by atoms with Crippen molar-refractivity contribution in [2.24, 2.45) is 0 Å². The smallest absolute Gasteiger partial charge is 0.251 e. The third-order valence-corrected chi connectivity index (χ3v) is 4.54. The lowest BCUT2D eigenvalue weighted by Gasteiger charge is -2.09. The monoisotopic (exact) mass is 393 g/mol. The second-order valence-electron chi connectivity index (χ2n) is 6.55. The lowest BCUT2D eigenvalue weighted by atomic mass is 10.1. The quantitative estimate of drug-likeness (QED) is 0.580. The van der Waals surface area contributed by atoms with Gasteiger partial charge in [-0.2, -0.15) is 0 Å². The summed E-state index contributed by atoms with van der Waals surface area (Å²) < 4.78 is 18.8. The van der Waals surface area contributed by atoms with Crippen molar-refractivity contribution >= 4 is 11.7 Å². The van der Waals surface area contributed by atoms with Gasteiger partial charge in [0.15, 0.2) is 0 Å². The van der Waals surface area contributed by atoms with Crippen LogP contribution in [0.15, 0.2) is 66.9 Å². The molecular weight excluding hydrogens is 369 g/mol. The van der Waals surface area contributed by atoms with Crippen LogP contribution in [-0.2, 0) is 12.8 Å². The van der Waals surface area contributed by atoms with Gasteiger partial charge in [0.1, 0.15) is 17.4 Å². The van der Waals surface area contributed by atoms with Gasteiger partial charge < -0.3 is 15.4 Å². The Balaban J connectivity index is 1.47. The number of nitrogens with one attached hydrogen (secondary N) is 2. The van der Waals surface area contributed by atoms with Crippen molar-refractivity contribution in [1.29, 1.82) is 0 Å². The molecule has 0 bridgehead atoms. The van der Waals surface area contributed by atoms with Gasteiger partial charge in [-0.05, 0) is 54.3 Å². The number of carbonyl (C=O) groups is 1. The summed E-state index contributed by atoms with van der Waals surface area (Å²) in [6.07, 6.45) is 2.85. The molecule has 3 aromatic rings. The Bertz CT molecular complexity index is 945. The first-order valence-electron chi connectivity index (χ1n) is 9.50. The molecule has 5 nitrogen and oxygen atoms in total. The van der Waals surface area contributed by atoms with Gasteiger partial charge in [-0.1, -0.05) is 30.3 Å². The SMILES string of the molecule is COc1ccc(CCNC(=O)c2ccnc(NCCc3ccccc3F)c2)cc1. The van der Waals surface area contributed by atoms with Gasteiger partial charge in [0.25, 0.3) is 5.91 Å². The van der Waals surface area contributed by atoms with Crippen molar-refractivity contribution in [3.05, 3.63) is 89.4 Å². The van der Waals surface area contributed by atoms with E-state index >= 15 is 0 Å². The Hall–Kier alpha value is -3.41. The number of hydrogen-bond donors (Lipinski definition) is 2. The molecule has 0 aliphatic rings. The van der Waals surface area contributed by atoms with E-state index in [9.17, 15) is 9.18 Å². The van der Waals surface area contributed by atoms with Crippen molar-refractivity contribution < 1.29 is 13.9 Å². The molecule has 0 unspecified atom stereocenters. The number of rotatable bonds is 9. The number of ether oxygens (including phenoxy) is 1. The zero-order valence-electron chi connectivity index (χ0n) is 16.3. The molecule has 0 saturated carbocycles. The molecule has 29 heavy (non-hydrogen) atoms. The molecule has 0 fully saturated rings. The lowest BCUT2D eigenvalue weighted by molar-refractivity contribution is 0.0954. The van der Waals surface area contributed by atoms with E-state index in [-0.39, 0.29) is 11.7 Å². The number of aromatic nitrogens is 1. The second-order valence-corrected chi connectivity index (χ2v) is 6.55. The second kappa shape index (κ2) is 10.2. The minimum atomic E-state index is -0.216. The fraction of sp³-hybridized carbons (Fsp3) is 0.217. The Labute approximate surface area is 169 Å². The third kappa shape index (κ3) is 6.04. The zero-order valence-corrected chi connectivity index (χ0v) is 16.3. The average Bonchev–Trinajstić information content (AvgIpc) is 2.76. The molecule has 2 N–H and O–H groups in total. The minimum Gasteiger partial charge on any atom is -0.497 e. The highest BCUT2D eigenvalue weighted by Gasteiger charge is 2.07. The molecule has 6 heteroatoms. The zero-order chi connectivity index (χ0) is 20.5. The van der Waals surface area contributed by atoms with Gasteiger partial charge >= 0.3 is 0 Å². The van der Waals surface area contributed by atoms with Crippen LogP contribution in [0, 0.1) is 5.82 Å². The van der Waals surface area contributed by atoms with Gasteiger partial charge in [0.05, 0.1) is 7.11 Å². The van der Waals surface area contributed by atoms with Crippen LogP contribution < -0.4 is 15.4 Å². The number of amides is 1. The molecule has 0 saturated heterocycles. The van der Waals surface area contributed by atoms with E-state index in [1.54, 1.807) is 37.6 Å². The number of benzene rings is 2. The topological polar surface area (TPSA) is 63.2 Å². The molecule has 150 valence electrons. The Morgan fingerprint density at radius 1 is 1.03 bits per heavy atom. The van der Waals surface area contributed by atoms with Crippen molar-refractivity contribution in [1.82, 2.24) is 10.3 Å². The Kier molecular flexibility index (Phi) is 7.16. The third-order valence-electron chi connectivity index (χ3n) is 4.54. The maximum absolute atomic E-state index is 13.7. The number of nitrogens with zero attached hydrogens (tertiary/aromatic N) is 1.